The fourth-order valence-corrected chi connectivity index (χ4v) is 5.02. The molecule has 1 saturated carbocycles. The predicted molar refractivity (Wildman–Crippen MR) is 98.5 cm³/mol. The summed E-state index contributed by atoms with van der Waals surface area (Å²) >= 11 is 0. The summed E-state index contributed by atoms with van der Waals surface area (Å²) in [5.41, 5.74) is 2.03. The molecule has 2 aliphatic heterocycles. The van der Waals surface area contributed by atoms with Gasteiger partial charge in [-0.3, -0.25) is 4.79 Å². The van der Waals surface area contributed by atoms with Crippen LogP contribution in [-0.2, 0) is 4.79 Å². The number of rotatable bonds is 2. The monoisotopic (exact) mass is 342 g/mol. The van der Waals surface area contributed by atoms with E-state index in [9.17, 15) is 4.79 Å². The van der Waals surface area contributed by atoms with E-state index in [0.29, 0.717) is 5.91 Å². The minimum absolute atomic E-state index is 0.197. The van der Waals surface area contributed by atoms with E-state index >= 15 is 0 Å². The zero-order valence-electron chi connectivity index (χ0n) is 15.6. The van der Waals surface area contributed by atoms with E-state index < -0.39 is 0 Å². The number of fused-ring (bicyclic) bond motifs is 1. The number of hydrogen-bond acceptors (Lipinski definition) is 4. The Kier molecular flexibility index (Phi) is 4.65. The smallest absolute Gasteiger partial charge is 0.225 e. The summed E-state index contributed by atoms with van der Waals surface area (Å²) < 4.78 is 0. The van der Waals surface area contributed by atoms with E-state index in [-0.39, 0.29) is 5.92 Å². The number of hydrogen-bond donors (Lipinski definition) is 0. The Bertz CT molecular complexity index is 604. The minimum atomic E-state index is 0.197. The molecular weight excluding hydrogens is 312 g/mol. The van der Waals surface area contributed by atoms with Crippen LogP contribution < -0.4 is 4.90 Å². The van der Waals surface area contributed by atoms with Crippen LogP contribution in [0.3, 0.4) is 0 Å². The molecule has 3 aliphatic rings. The summed E-state index contributed by atoms with van der Waals surface area (Å²) in [6.07, 6.45) is 7.24. The maximum atomic E-state index is 13.0. The number of aryl methyl sites for hydroxylation is 2. The highest BCUT2D eigenvalue weighted by molar-refractivity contribution is 5.79. The molecule has 3 heterocycles. The van der Waals surface area contributed by atoms with Crippen LogP contribution in [0.25, 0.3) is 0 Å². The van der Waals surface area contributed by atoms with Crippen molar-refractivity contribution in [3.63, 3.8) is 0 Å². The van der Waals surface area contributed by atoms with Crippen molar-refractivity contribution in [2.45, 2.75) is 52.4 Å². The Balaban J connectivity index is 1.34. The van der Waals surface area contributed by atoms with E-state index in [0.717, 1.165) is 68.2 Å². The lowest BCUT2D eigenvalue weighted by atomic mass is 9.82. The molecule has 5 nitrogen and oxygen atoms in total. The van der Waals surface area contributed by atoms with Gasteiger partial charge in [0.05, 0.1) is 0 Å². The lowest BCUT2D eigenvalue weighted by Gasteiger charge is -2.33. The van der Waals surface area contributed by atoms with Crippen LogP contribution in [0.15, 0.2) is 6.07 Å². The van der Waals surface area contributed by atoms with Gasteiger partial charge in [-0.15, -0.1) is 0 Å². The third-order valence-corrected chi connectivity index (χ3v) is 6.39. The van der Waals surface area contributed by atoms with Gasteiger partial charge in [-0.05, 0) is 57.4 Å². The molecule has 25 heavy (non-hydrogen) atoms. The summed E-state index contributed by atoms with van der Waals surface area (Å²) in [4.78, 5) is 26.6. The molecule has 3 fully saturated rings. The molecule has 2 unspecified atom stereocenters. The molecule has 1 amide bonds. The topological polar surface area (TPSA) is 49.3 Å². The van der Waals surface area contributed by atoms with Gasteiger partial charge in [0.25, 0.3) is 0 Å². The molecule has 0 N–H and O–H groups in total. The Morgan fingerprint density at radius 1 is 0.960 bits per heavy atom. The Labute approximate surface area is 150 Å². The first-order chi connectivity index (χ1) is 12.1. The summed E-state index contributed by atoms with van der Waals surface area (Å²) in [5, 5.41) is 0. The van der Waals surface area contributed by atoms with E-state index in [4.69, 9.17) is 0 Å². The van der Waals surface area contributed by atoms with Crippen LogP contribution >= 0.6 is 0 Å². The molecule has 1 aromatic heterocycles. The number of likely N-dealkylation sites (tertiary alicyclic amines) is 1. The minimum Gasteiger partial charge on any atom is -0.342 e. The van der Waals surface area contributed by atoms with Gasteiger partial charge in [-0.2, -0.15) is 0 Å². The van der Waals surface area contributed by atoms with E-state index in [2.05, 4.69) is 19.8 Å². The number of carbonyl (C=O) groups is 1. The maximum absolute atomic E-state index is 13.0. The summed E-state index contributed by atoms with van der Waals surface area (Å²) in [5.74, 6) is 3.00. The van der Waals surface area contributed by atoms with Crippen molar-refractivity contribution in [2.75, 3.05) is 31.1 Å². The molecule has 0 radical (unpaired) electrons. The second kappa shape index (κ2) is 6.93. The van der Waals surface area contributed by atoms with E-state index in [1.807, 2.05) is 19.9 Å². The third-order valence-electron chi connectivity index (χ3n) is 6.39. The van der Waals surface area contributed by atoms with Gasteiger partial charge >= 0.3 is 0 Å². The fourth-order valence-electron chi connectivity index (χ4n) is 5.02. The van der Waals surface area contributed by atoms with Gasteiger partial charge in [-0.25, -0.2) is 9.97 Å². The van der Waals surface area contributed by atoms with Crippen molar-refractivity contribution in [3.05, 3.63) is 17.5 Å². The molecule has 0 aromatic carbocycles. The highest BCUT2D eigenvalue weighted by Crippen LogP contribution is 2.37. The van der Waals surface area contributed by atoms with Crippen molar-refractivity contribution in [1.82, 2.24) is 14.9 Å². The van der Waals surface area contributed by atoms with E-state index in [1.165, 1.54) is 25.7 Å². The van der Waals surface area contributed by atoms with Gasteiger partial charge < -0.3 is 9.80 Å². The lowest BCUT2D eigenvalue weighted by molar-refractivity contribution is -0.135. The molecule has 2 saturated heterocycles. The molecule has 2 atom stereocenters. The average Bonchev–Trinajstić information content (AvgIpc) is 3.04. The van der Waals surface area contributed by atoms with Gasteiger partial charge in [0.15, 0.2) is 0 Å². The Morgan fingerprint density at radius 2 is 1.52 bits per heavy atom. The number of anilines is 1. The van der Waals surface area contributed by atoms with E-state index in [1.54, 1.807) is 0 Å². The molecule has 0 spiro atoms. The maximum Gasteiger partial charge on any atom is 0.225 e. The molecular formula is C20H30N4O. The van der Waals surface area contributed by atoms with Crippen molar-refractivity contribution < 1.29 is 4.79 Å². The first-order valence-electron chi connectivity index (χ1n) is 9.96. The first-order valence-corrected chi connectivity index (χ1v) is 9.96. The Morgan fingerprint density at radius 3 is 2.08 bits per heavy atom. The van der Waals surface area contributed by atoms with Crippen LogP contribution in [0, 0.1) is 31.6 Å². The lowest BCUT2D eigenvalue weighted by Crippen LogP contribution is -2.42. The van der Waals surface area contributed by atoms with Crippen molar-refractivity contribution in [1.29, 1.82) is 0 Å². The molecule has 5 heteroatoms. The standard InChI is InChI=1S/C20H30N4O/c1-14-11-15(2)22-20(21-14)23-9-7-16(8-10-23)19(25)24-12-17-5-3-4-6-18(17)13-24/h11,16-18H,3-10,12-13H2,1-2H3. The summed E-state index contributed by atoms with van der Waals surface area (Å²) in [7, 11) is 0. The van der Waals surface area contributed by atoms with Gasteiger partial charge in [0.1, 0.15) is 0 Å². The zero-order chi connectivity index (χ0) is 17.4. The fraction of sp³-hybridized carbons (Fsp3) is 0.750. The van der Waals surface area contributed by atoms with Crippen LogP contribution in [0.1, 0.15) is 49.9 Å². The van der Waals surface area contributed by atoms with Crippen molar-refractivity contribution >= 4 is 11.9 Å². The highest BCUT2D eigenvalue weighted by atomic mass is 16.2. The van der Waals surface area contributed by atoms with Crippen LogP contribution in [0.4, 0.5) is 5.95 Å². The van der Waals surface area contributed by atoms with Crippen LogP contribution in [0.5, 0.6) is 0 Å². The largest absolute Gasteiger partial charge is 0.342 e. The van der Waals surface area contributed by atoms with Crippen LogP contribution in [0.2, 0.25) is 0 Å². The molecule has 4 rings (SSSR count). The molecule has 136 valence electrons. The van der Waals surface area contributed by atoms with Gasteiger partial charge in [0.2, 0.25) is 11.9 Å². The van der Waals surface area contributed by atoms with Crippen molar-refractivity contribution in [3.8, 4) is 0 Å². The number of carbonyl (C=O) groups excluding carboxylic acids is 1. The van der Waals surface area contributed by atoms with Crippen molar-refractivity contribution in [2.24, 2.45) is 17.8 Å². The normalized spacial score (nSPS) is 27.4. The average molecular weight is 342 g/mol. The number of piperidine rings is 1. The third kappa shape index (κ3) is 3.51. The second-order valence-electron chi connectivity index (χ2n) is 8.26. The van der Waals surface area contributed by atoms with Gasteiger partial charge in [0, 0.05) is 43.5 Å². The number of aromatic nitrogens is 2. The highest BCUT2D eigenvalue weighted by Gasteiger charge is 2.39. The first kappa shape index (κ1) is 16.8. The quantitative estimate of drug-likeness (QED) is 0.829. The van der Waals surface area contributed by atoms with Crippen LogP contribution in [-0.4, -0.2) is 47.0 Å². The molecule has 1 aliphatic carbocycles. The predicted octanol–water partition coefficient (Wildman–Crippen LogP) is 2.96. The number of amides is 1. The SMILES string of the molecule is Cc1cc(C)nc(N2CCC(C(=O)N3CC4CCCCC4C3)CC2)n1. The number of nitrogens with zero attached hydrogens (tertiary/aromatic N) is 4. The van der Waals surface area contributed by atoms with Gasteiger partial charge in [-0.1, -0.05) is 12.8 Å². The zero-order valence-corrected chi connectivity index (χ0v) is 15.6. The second-order valence-corrected chi connectivity index (χ2v) is 8.26. The summed E-state index contributed by atoms with van der Waals surface area (Å²) in [6, 6.07) is 2.01. The molecule has 1 aromatic rings. The molecule has 0 bridgehead atoms. The summed E-state index contributed by atoms with van der Waals surface area (Å²) in [6.45, 7) is 7.84. The Hall–Kier alpha value is -1.65.